The zero-order valence-electron chi connectivity index (χ0n) is 14.0. The quantitative estimate of drug-likeness (QED) is 0.875. The molecule has 126 valence electrons. The summed E-state index contributed by atoms with van der Waals surface area (Å²) in [7, 11) is 1.59. The number of hydrogen-bond acceptors (Lipinski definition) is 3. The maximum absolute atomic E-state index is 12.4. The Morgan fingerprint density at radius 2 is 2.00 bits per heavy atom. The Hall–Kier alpha value is -2.08. The largest absolute Gasteiger partial charge is 0.383 e. The van der Waals surface area contributed by atoms with Crippen LogP contribution in [0.15, 0.2) is 18.2 Å². The number of methoxy groups -OCH3 is 1. The van der Waals surface area contributed by atoms with Gasteiger partial charge in [-0.25, -0.2) is 4.79 Å². The van der Waals surface area contributed by atoms with Crippen LogP contribution in [0, 0.1) is 6.92 Å². The first-order valence-electron chi connectivity index (χ1n) is 7.97. The van der Waals surface area contributed by atoms with E-state index in [4.69, 9.17) is 4.74 Å². The van der Waals surface area contributed by atoms with Crippen LogP contribution in [0.5, 0.6) is 0 Å². The van der Waals surface area contributed by atoms with E-state index in [0.717, 1.165) is 31.5 Å². The summed E-state index contributed by atoms with van der Waals surface area (Å²) < 4.78 is 4.98. The van der Waals surface area contributed by atoms with Gasteiger partial charge in [-0.1, -0.05) is 0 Å². The molecular formula is C17H25N3O3. The van der Waals surface area contributed by atoms with Crippen molar-refractivity contribution in [3.8, 4) is 0 Å². The molecule has 1 fully saturated rings. The molecule has 1 aliphatic rings. The maximum Gasteiger partial charge on any atom is 0.319 e. The third kappa shape index (κ3) is 4.69. The van der Waals surface area contributed by atoms with Gasteiger partial charge in [0.25, 0.3) is 5.91 Å². The van der Waals surface area contributed by atoms with Gasteiger partial charge in [0.2, 0.25) is 0 Å². The predicted octanol–water partition coefficient (Wildman–Crippen LogP) is 2.39. The van der Waals surface area contributed by atoms with Crippen molar-refractivity contribution in [3.05, 3.63) is 29.3 Å². The van der Waals surface area contributed by atoms with E-state index in [1.165, 1.54) is 0 Å². The normalized spacial score (nSPS) is 15.3. The minimum atomic E-state index is -0.281. The summed E-state index contributed by atoms with van der Waals surface area (Å²) >= 11 is 0. The van der Waals surface area contributed by atoms with Crippen molar-refractivity contribution >= 4 is 17.6 Å². The van der Waals surface area contributed by atoms with Gasteiger partial charge >= 0.3 is 6.03 Å². The van der Waals surface area contributed by atoms with Gasteiger partial charge in [-0.15, -0.1) is 0 Å². The van der Waals surface area contributed by atoms with E-state index >= 15 is 0 Å². The first kappa shape index (κ1) is 17.3. The van der Waals surface area contributed by atoms with Gasteiger partial charge in [0.15, 0.2) is 0 Å². The van der Waals surface area contributed by atoms with Crippen LogP contribution >= 0.6 is 0 Å². The third-order valence-electron chi connectivity index (χ3n) is 3.91. The number of benzene rings is 1. The highest BCUT2D eigenvalue weighted by atomic mass is 16.5. The second-order valence-corrected chi connectivity index (χ2v) is 5.98. The number of nitrogens with zero attached hydrogens (tertiary/aromatic N) is 1. The topological polar surface area (TPSA) is 70.7 Å². The number of carbonyl (C=O) groups excluding carboxylic acids is 2. The molecule has 1 aromatic rings. The van der Waals surface area contributed by atoms with Crippen molar-refractivity contribution in [2.75, 3.05) is 32.1 Å². The van der Waals surface area contributed by atoms with Gasteiger partial charge in [0, 0.05) is 31.5 Å². The van der Waals surface area contributed by atoms with Crippen molar-refractivity contribution in [1.29, 1.82) is 0 Å². The molecule has 2 rings (SSSR count). The number of nitrogens with one attached hydrogen (secondary N) is 2. The number of carbonyl (C=O) groups is 2. The Balaban J connectivity index is 1.98. The molecule has 0 radical (unpaired) electrons. The molecule has 2 N–H and O–H groups in total. The fourth-order valence-corrected chi connectivity index (χ4v) is 2.71. The van der Waals surface area contributed by atoms with E-state index in [1.54, 1.807) is 19.2 Å². The molecule has 6 nitrogen and oxygen atoms in total. The lowest BCUT2D eigenvalue weighted by Gasteiger charge is -2.17. The third-order valence-corrected chi connectivity index (χ3v) is 3.91. The smallest absolute Gasteiger partial charge is 0.319 e. The highest BCUT2D eigenvalue weighted by Crippen LogP contribution is 2.19. The monoisotopic (exact) mass is 319 g/mol. The van der Waals surface area contributed by atoms with Crippen molar-refractivity contribution in [2.24, 2.45) is 0 Å². The molecule has 1 atom stereocenters. The van der Waals surface area contributed by atoms with Gasteiger partial charge in [0.05, 0.1) is 12.6 Å². The molecule has 3 amide bonds. The molecule has 0 aliphatic carbocycles. The number of urea groups is 1. The maximum atomic E-state index is 12.4. The summed E-state index contributed by atoms with van der Waals surface area (Å²) in [6.45, 7) is 5.87. The first-order chi connectivity index (χ1) is 11.0. The van der Waals surface area contributed by atoms with E-state index < -0.39 is 0 Å². The van der Waals surface area contributed by atoms with Crippen LogP contribution in [0.1, 0.15) is 35.7 Å². The van der Waals surface area contributed by atoms with Gasteiger partial charge < -0.3 is 20.3 Å². The number of anilines is 1. The van der Waals surface area contributed by atoms with Crippen molar-refractivity contribution in [2.45, 2.75) is 32.7 Å². The van der Waals surface area contributed by atoms with Crippen molar-refractivity contribution in [1.82, 2.24) is 10.2 Å². The summed E-state index contributed by atoms with van der Waals surface area (Å²) in [6.07, 6.45) is 2.15. The molecule has 1 aromatic carbocycles. The second-order valence-electron chi connectivity index (χ2n) is 5.98. The van der Waals surface area contributed by atoms with Gasteiger partial charge in [-0.2, -0.15) is 0 Å². The first-order valence-corrected chi connectivity index (χ1v) is 7.97. The number of rotatable bonds is 5. The summed E-state index contributed by atoms with van der Waals surface area (Å²) in [4.78, 5) is 26.2. The molecular weight excluding hydrogens is 294 g/mol. The molecule has 1 heterocycles. The van der Waals surface area contributed by atoms with Crippen LogP contribution in [-0.2, 0) is 4.74 Å². The number of likely N-dealkylation sites (tertiary alicyclic amines) is 1. The van der Waals surface area contributed by atoms with E-state index in [0.29, 0.717) is 17.9 Å². The van der Waals surface area contributed by atoms with Gasteiger partial charge in [-0.3, -0.25) is 4.79 Å². The van der Waals surface area contributed by atoms with Crippen molar-refractivity contribution in [3.63, 3.8) is 0 Å². The number of aryl methyl sites for hydroxylation is 1. The lowest BCUT2D eigenvalue weighted by Crippen LogP contribution is -2.38. The minimum Gasteiger partial charge on any atom is -0.383 e. The molecule has 1 saturated heterocycles. The number of ether oxygens (including phenoxy) is 1. The molecule has 0 spiro atoms. The Morgan fingerprint density at radius 3 is 2.61 bits per heavy atom. The SMILES string of the molecule is COCC(C)NC(=O)Nc1ccc(C(=O)N2CCCC2)cc1C. The van der Waals surface area contributed by atoms with E-state index in [2.05, 4.69) is 10.6 Å². The average Bonchev–Trinajstić information content (AvgIpc) is 3.03. The van der Waals surface area contributed by atoms with Gasteiger partial charge in [-0.05, 0) is 50.5 Å². The lowest BCUT2D eigenvalue weighted by atomic mass is 10.1. The summed E-state index contributed by atoms with van der Waals surface area (Å²) in [5.41, 5.74) is 2.23. The molecule has 0 bridgehead atoms. The Morgan fingerprint density at radius 1 is 1.30 bits per heavy atom. The standard InChI is InChI=1S/C17H25N3O3/c1-12-10-14(16(21)20-8-4-5-9-20)6-7-15(12)19-17(22)18-13(2)11-23-3/h6-7,10,13H,4-5,8-9,11H2,1-3H3,(H2,18,19,22). The zero-order valence-corrected chi connectivity index (χ0v) is 14.0. The summed E-state index contributed by atoms with van der Waals surface area (Å²) in [5, 5.41) is 5.59. The fraction of sp³-hybridized carbons (Fsp3) is 0.529. The lowest BCUT2D eigenvalue weighted by molar-refractivity contribution is 0.0792. The molecule has 6 heteroatoms. The number of hydrogen-bond donors (Lipinski definition) is 2. The molecule has 0 aromatic heterocycles. The average molecular weight is 319 g/mol. The van der Waals surface area contributed by atoms with Crippen LogP contribution in [0.2, 0.25) is 0 Å². The molecule has 1 unspecified atom stereocenters. The van der Waals surface area contributed by atoms with Crippen LogP contribution < -0.4 is 10.6 Å². The van der Waals surface area contributed by atoms with E-state index in [1.807, 2.05) is 24.8 Å². The van der Waals surface area contributed by atoms with Crippen LogP contribution in [0.25, 0.3) is 0 Å². The van der Waals surface area contributed by atoms with Crippen LogP contribution in [0.3, 0.4) is 0 Å². The highest BCUT2D eigenvalue weighted by Gasteiger charge is 2.20. The highest BCUT2D eigenvalue weighted by molar-refractivity contribution is 5.96. The van der Waals surface area contributed by atoms with Crippen molar-refractivity contribution < 1.29 is 14.3 Å². The molecule has 23 heavy (non-hydrogen) atoms. The predicted molar refractivity (Wildman–Crippen MR) is 89.8 cm³/mol. The Bertz CT molecular complexity index is 568. The zero-order chi connectivity index (χ0) is 16.8. The Labute approximate surface area is 137 Å². The van der Waals surface area contributed by atoms with E-state index in [9.17, 15) is 9.59 Å². The van der Waals surface area contributed by atoms with Crippen LogP contribution in [0.4, 0.5) is 10.5 Å². The second kappa shape index (κ2) is 7.97. The van der Waals surface area contributed by atoms with E-state index in [-0.39, 0.29) is 18.0 Å². The summed E-state index contributed by atoms with van der Waals surface area (Å²) in [5.74, 6) is 0.0651. The number of amides is 3. The molecule has 1 aliphatic heterocycles. The summed E-state index contributed by atoms with van der Waals surface area (Å²) in [6, 6.07) is 5.02. The fourth-order valence-electron chi connectivity index (χ4n) is 2.71. The Kier molecular flexibility index (Phi) is 5.98. The van der Waals surface area contributed by atoms with Crippen LogP contribution in [-0.4, -0.2) is 49.7 Å². The molecule has 0 saturated carbocycles. The minimum absolute atomic E-state index is 0.0651. The van der Waals surface area contributed by atoms with Gasteiger partial charge in [0.1, 0.15) is 0 Å².